The smallest absolute Gasteiger partial charge is 0.194 e. The van der Waals surface area contributed by atoms with E-state index in [-0.39, 0.29) is 0 Å². The lowest BCUT2D eigenvalue weighted by molar-refractivity contribution is 0.475. The van der Waals surface area contributed by atoms with Crippen molar-refractivity contribution in [3.63, 3.8) is 0 Å². The van der Waals surface area contributed by atoms with E-state index in [4.69, 9.17) is 11.6 Å². The second kappa shape index (κ2) is 8.58. The molecule has 0 saturated carbocycles. The van der Waals surface area contributed by atoms with Gasteiger partial charge in [0.2, 0.25) is 0 Å². The summed E-state index contributed by atoms with van der Waals surface area (Å²) in [5.74, 6) is 0.895. The van der Waals surface area contributed by atoms with Crippen molar-refractivity contribution < 1.29 is 0 Å². The van der Waals surface area contributed by atoms with Crippen LogP contribution in [0.3, 0.4) is 0 Å². The Hall–Kier alpha value is -2.01. The zero-order valence-electron chi connectivity index (χ0n) is 14.0. The molecule has 2 rings (SSSR count). The van der Waals surface area contributed by atoms with Crippen molar-refractivity contribution in [2.24, 2.45) is 4.99 Å². The van der Waals surface area contributed by atoms with Gasteiger partial charge in [-0.05, 0) is 37.1 Å². The number of halogens is 1. The lowest BCUT2D eigenvalue weighted by Gasteiger charge is -2.22. The number of nitrogens with zero attached hydrogens (tertiary/aromatic N) is 4. The Morgan fingerprint density at radius 3 is 2.70 bits per heavy atom. The average Bonchev–Trinajstić information content (AvgIpc) is 2.94. The summed E-state index contributed by atoms with van der Waals surface area (Å²) in [4.78, 5) is 6.79. The van der Waals surface area contributed by atoms with Gasteiger partial charge in [0, 0.05) is 31.4 Å². The van der Waals surface area contributed by atoms with Crippen molar-refractivity contribution in [3.8, 4) is 0 Å². The first-order valence-electron chi connectivity index (χ1n) is 7.81. The number of aryl methyl sites for hydroxylation is 1. The van der Waals surface area contributed by atoms with E-state index in [2.05, 4.69) is 27.2 Å². The molecule has 0 aliphatic rings. The van der Waals surface area contributed by atoms with Crippen LogP contribution in [-0.2, 0) is 13.1 Å². The highest BCUT2D eigenvalue weighted by atomic mass is 35.5. The number of nitrogens with one attached hydrogen (secondary N) is 1. The number of hydrogen-bond donors (Lipinski definition) is 1. The summed E-state index contributed by atoms with van der Waals surface area (Å²) in [6, 6.07) is 7.90. The summed E-state index contributed by atoms with van der Waals surface area (Å²) in [5, 5.41) is 8.36. The summed E-state index contributed by atoms with van der Waals surface area (Å²) in [6.07, 6.45) is 3.89. The second-order valence-corrected chi connectivity index (χ2v) is 5.94. The number of guanidine groups is 1. The van der Waals surface area contributed by atoms with E-state index in [1.807, 2.05) is 55.3 Å². The van der Waals surface area contributed by atoms with Crippen molar-refractivity contribution in [1.82, 2.24) is 20.0 Å². The average molecular weight is 334 g/mol. The van der Waals surface area contributed by atoms with Crippen LogP contribution < -0.4 is 5.32 Å². The van der Waals surface area contributed by atoms with Crippen LogP contribution >= 0.6 is 11.6 Å². The van der Waals surface area contributed by atoms with E-state index in [1.165, 1.54) is 11.1 Å². The maximum Gasteiger partial charge on any atom is 0.194 e. The third kappa shape index (κ3) is 5.60. The lowest BCUT2D eigenvalue weighted by Crippen LogP contribution is -2.38. The fraction of sp³-hybridized carbons (Fsp3) is 0.412. The zero-order valence-corrected chi connectivity index (χ0v) is 14.7. The molecular formula is C17H24ClN5. The second-order valence-electron chi connectivity index (χ2n) is 5.50. The Morgan fingerprint density at radius 2 is 2.09 bits per heavy atom. The van der Waals surface area contributed by atoms with Gasteiger partial charge in [-0.25, -0.2) is 0 Å². The van der Waals surface area contributed by atoms with Crippen LogP contribution in [-0.4, -0.2) is 40.8 Å². The molecule has 0 aliphatic carbocycles. The predicted octanol–water partition coefficient (Wildman–Crippen LogP) is 2.94. The van der Waals surface area contributed by atoms with Gasteiger partial charge in [-0.2, -0.15) is 5.10 Å². The van der Waals surface area contributed by atoms with Gasteiger partial charge in [-0.3, -0.25) is 9.67 Å². The van der Waals surface area contributed by atoms with Gasteiger partial charge in [0.15, 0.2) is 5.96 Å². The summed E-state index contributed by atoms with van der Waals surface area (Å²) in [6.45, 7) is 7.19. The van der Waals surface area contributed by atoms with E-state index >= 15 is 0 Å². The van der Waals surface area contributed by atoms with Gasteiger partial charge in [0.05, 0.1) is 19.3 Å². The van der Waals surface area contributed by atoms with E-state index in [9.17, 15) is 0 Å². The quantitative estimate of drug-likeness (QED) is 0.653. The molecular weight excluding hydrogens is 310 g/mol. The Morgan fingerprint density at radius 1 is 1.35 bits per heavy atom. The third-order valence-electron chi connectivity index (χ3n) is 3.38. The number of rotatable bonds is 6. The van der Waals surface area contributed by atoms with Crippen LogP contribution in [0.1, 0.15) is 18.1 Å². The highest BCUT2D eigenvalue weighted by molar-refractivity contribution is 6.30. The highest BCUT2D eigenvalue weighted by Gasteiger charge is 2.06. The minimum atomic E-state index is 0.689. The molecule has 2 aromatic rings. The Bertz CT molecular complexity index is 633. The monoisotopic (exact) mass is 333 g/mol. The lowest BCUT2D eigenvalue weighted by atomic mass is 10.2. The van der Waals surface area contributed by atoms with E-state index in [0.29, 0.717) is 6.54 Å². The molecule has 124 valence electrons. The van der Waals surface area contributed by atoms with Gasteiger partial charge in [0.1, 0.15) is 0 Å². The number of aromatic nitrogens is 2. The van der Waals surface area contributed by atoms with Gasteiger partial charge in [0.25, 0.3) is 0 Å². The molecule has 6 heteroatoms. The van der Waals surface area contributed by atoms with Crippen molar-refractivity contribution >= 4 is 17.6 Å². The molecule has 0 atom stereocenters. The number of hydrogen-bond acceptors (Lipinski definition) is 2. The first-order valence-corrected chi connectivity index (χ1v) is 8.19. The molecule has 0 bridgehead atoms. The van der Waals surface area contributed by atoms with Crippen LogP contribution in [0.25, 0.3) is 0 Å². The molecule has 0 unspecified atom stereocenters. The fourth-order valence-corrected chi connectivity index (χ4v) is 2.38. The summed E-state index contributed by atoms with van der Waals surface area (Å²) < 4.78 is 1.92. The standard InChI is InChI=1S/C17H24ClN5/c1-4-19-17(20-9-10-23-12-14(2)11-21-23)22(3)13-15-5-7-16(18)8-6-15/h5-8,11-12H,4,9-10,13H2,1-3H3,(H,19,20). The van der Waals surface area contributed by atoms with Crippen LogP contribution in [0.5, 0.6) is 0 Å². The highest BCUT2D eigenvalue weighted by Crippen LogP contribution is 2.11. The third-order valence-corrected chi connectivity index (χ3v) is 3.63. The molecule has 1 aromatic heterocycles. The van der Waals surface area contributed by atoms with Crippen molar-refractivity contribution in [2.75, 3.05) is 20.1 Å². The van der Waals surface area contributed by atoms with Gasteiger partial charge >= 0.3 is 0 Å². The fourth-order valence-electron chi connectivity index (χ4n) is 2.26. The molecule has 23 heavy (non-hydrogen) atoms. The van der Waals surface area contributed by atoms with Crippen LogP contribution in [0.15, 0.2) is 41.7 Å². The summed E-state index contributed by atoms with van der Waals surface area (Å²) >= 11 is 5.93. The molecule has 1 N–H and O–H groups in total. The van der Waals surface area contributed by atoms with Gasteiger partial charge in [-0.1, -0.05) is 23.7 Å². The molecule has 0 aliphatic heterocycles. The molecule has 0 radical (unpaired) electrons. The van der Waals surface area contributed by atoms with Crippen LogP contribution in [0.4, 0.5) is 0 Å². The number of benzene rings is 1. The molecule has 5 nitrogen and oxygen atoms in total. The first kappa shape index (κ1) is 17.3. The predicted molar refractivity (Wildman–Crippen MR) is 95.9 cm³/mol. The SMILES string of the molecule is CCNC(=NCCn1cc(C)cn1)N(C)Cc1ccc(Cl)cc1. The van der Waals surface area contributed by atoms with Gasteiger partial charge in [-0.15, -0.1) is 0 Å². The molecule has 0 amide bonds. The molecule has 1 heterocycles. The van der Waals surface area contributed by atoms with E-state index in [1.54, 1.807) is 0 Å². The Labute approximate surface area is 143 Å². The topological polar surface area (TPSA) is 45.5 Å². The normalized spacial score (nSPS) is 11.6. The van der Waals surface area contributed by atoms with Gasteiger partial charge < -0.3 is 10.2 Å². The molecule has 0 spiro atoms. The zero-order chi connectivity index (χ0) is 16.7. The maximum atomic E-state index is 5.93. The Kier molecular flexibility index (Phi) is 6.47. The van der Waals surface area contributed by atoms with Crippen LogP contribution in [0, 0.1) is 6.92 Å². The first-order chi connectivity index (χ1) is 11.1. The maximum absolute atomic E-state index is 5.93. The minimum Gasteiger partial charge on any atom is -0.357 e. The van der Waals surface area contributed by atoms with Crippen molar-refractivity contribution in [3.05, 3.63) is 52.8 Å². The molecule has 0 saturated heterocycles. The van der Waals surface area contributed by atoms with Crippen molar-refractivity contribution in [1.29, 1.82) is 0 Å². The largest absolute Gasteiger partial charge is 0.357 e. The Balaban J connectivity index is 1.95. The van der Waals surface area contributed by atoms with E-state index in [0.717, 1.165) is 30.6 Å². The van der Waals surface area contributed by atoms with E-state index < -0.39 is 0 Å². The minimum absolute atomic E-state index is 0.689. The summed E-state index contributed by atoms with van der Waals surface area (Å²) in [7, 11) is 2.04. The summed E-state index contributed by atoms with van der Waals surface area (Å²) in [5.41, 5.74) is 2.37. The molecule has 1 aromatic carbocycles. The number of aliphatic imine (C=N–C) groups is 1. The van der Waals surface area contributed by atoms with Crippen molar-refractivity contribution in [2.45, 2.75) is 26.9 Å². The van der Waals surface area contributed by atoms with Crippen LogP contribution in [0.2, 0.25) is 5.02 Å². The molecule has 0 fully saturated rings.